The molecule has 0 bridgehead atoms. The van der Waals surface area contributed by atoms with Crippen molar-refractivity contribution in [1.82, 2.24) is 4.90 Å². The van der Waals surface area contributed by atoms with Gasteiger partial charge in [-0.2, -0.15) is 0 Å². The number of likely N-dealkylation sites (tertiary alicyclic amines) is 1. The van der Waals surface area contributed by atoms with Crippen LogP contribution < -0.4 is 10.2 Å². The van der Waals surface area contributed by atoms with Crippen LogP contribution in [-0.2, 0) is 16.0 Å². The van der Waals surface area contributed by atoms with Gasteiger partial charge in [-0.15, -0.1) is 0 Å². The van der Waals surface area contributed by atoms with Crippen molar-refractivity contribution in [1.29, 1.82) is 0 Å². The number of amides is 2. The van der Waals surface area contributed by atoms with E-state index in [-0.39, 0.29) is 12.0 Å². The summed E-state index contributed by atoms with van der Waals surface area (Å²) in [6.07, 6.45) is 2.56. The molecule has 1 N–H and O–H groups in total. The van der Waals surface area contributed by atoms with Crippen LogP contribution in [0.3, 0.4) is 0 Å². The highest BCUT2D eigenvalue weighted by atomic mass is 16.6. The van der Waals surface area contributed by atoms with Gasteiger partial charge in [0.1, 0.15) is 5.60 Å². The van der Waals surface area contributed by atoms with Crippen LogP contribution in [0.15, 0.2) is 18.2 Å². The van der Waals surface area contributed by atoms with Gasteiger partial charge in [0, 0.05) is 44.0 Å². The van der Waals surface area contributed by atoms with Crippen LogP contribution in [0.2, 0.25) is 0 Å². The van der Waals surface area contributed by atoms with E-state index >= 15 is 0 Å². The molecule has 1 aromatic rings. The number of ether oxygens (including phenoxy) is 1. The van der Waals surface area contributed by atoms with Gasteiger partial charge in [0.15, 0.2) is 0 Å². The van der Waals surface area contributed by atoms with E-state index in [9.17, 15) is 9.59 Å². The van der Waals surface area contributed by atoms with E-state index in [0.717, 1.165) is 37.2 Å². The van der Waals surface area contributed by atoms with Crippen molar-refractivity contribution in [3.8, 4) is 0 Å². The normalized spacial score (nSPS) is 20.5. The molecule has 1 aromatic carbocycles. The number of anilines is 2. The minimum Gasteiger partial charge on any atom is -0.444 e. The van der Waals surface area contributed by atoms with Crippen molar-refractivity contribution in [2.75, 3.05) is 29.9 Å². The number of carbonyl (C=O) groups excluding carboxylic acids is 2. The molecule has 0 unspecified atom stereocenters. The summed E-state index contributed by atoms with van der Waals surface area (Å²) < 4.78 is 5.47. The standard InChI is InChI=1S/C22H33N3O3/c1-15-12-17-13-19(6-7-20(17)25(14-15)16(2)26)23-18-8-10-24(11-9-18)21(27)28-22(3,4)5/h6-7,13,15,18,23H,8-12,14H2,1-5H3/t15-/m1/s1. The van der Waals surface area contributed by atoms with Crippen LogP contribution in [0.4, 0.5) is 16.2 Å². The maximum atomic E-state index is 12.2. The van der Waals surface area contributed by atoms with Crippen LogP contribution in [0, 0.1) is 5.92 Å². The van der Waals surface area contributed by atoms with Gasteiger partial charge >= 0.3 is 6.09 Å². The fraction of sp³-hybridized carbons (Fsp3) is 0.636. The summed E-state index contributed by atoms with van der Waals surface area (Å²) in [5, 5.41) is 3.62. The Kier molecular flexibility index (Phi) is 5.87. The number of hydrogen-bond donors (Lipinski definition) is 1. The SMILES string of the molecule is CC(=O)N1C[C@H](C)Cc2cc(NC3CCN(C(=O)OC(C)(C)C)CC3)ccc21. The molecule has 0 aromatic heterocycles. The second-order valence-electron chi connectivity index (χ2n) is 9.17. The highest BCUT2D eigenvalue weighted by Gasteiger charge is 2.28. The van der Waals surface area contributed by atoms with E-state index in [0.29, 0.717) is 25.0 Å². The molecule has 0 radical (unpaired) electrons. The van der Waals surface area contributed by atoms with E-state index in [4.69, 9.17) is 4.74 Å². The second-order valence-corrected chi connectivity index (χ2v) is 9.17. The molecule has 2 aliphatic rings. The quantitative estimate of drug-likeness (QED) is 0.832. The Labute approximate surface area is 168 Å². The van der Waals surface area contributed by atoms with E-state index in [2.05, 4.69) is 30.4 Å². The Morgan fingerprint density at radius 1 is 1.18 bits per heavy atom. The first kappa shape index (κ1) is 20.5. The Balaban J connectivity index is 1.59. The molecule has 6 nitrogen and oxygen atoms in total. The summed E-state index contributed by atoms with van der Waals surface area (Å²) in [6.45, 7) is 11.7. The van der Waals surface area contributed by atoms with E-state index < -0.39 is 5.60 Å². The van der Waals surface area contributed by atoms with Gasteiger partial charge in [-0.3, -0.25) is 4.79 Å². The molecule has 2 aliphatic heterocycles. The molecule has 0 saturated carbocycles. The van der Waals surface area contributed by atoms with Gasteiger partial charge in [0.25, 0.3) is 0 Å². The summed E-state index contributed by atoms with van der Waals surface area (Å²) >= 11 is 0. The Hall–Kier alpha value is -2.24. The number of benzene rings is 1. The predicted molar refractivity (Wildman–Crippen MR) is 112 cm³/mol. The Morgan fingerprint density at radius 2 is 1.86 bits per heavy atom. The molecule has 28 heavy (non-hydrogen) atoms. The zero-order valence-electron chi connectivity index (χ0n) is 17.7. The fourth-order valence-corrected chi connectivity index (χ4v) is 4.02. The molecular weight excluding hydrogens is 354 g/mol. The van der Waals surface area contributed by atoms with E-state index in [1.54, 1.807) is 11.8 Å². The second kappa shape index (κ2) is 8.02. The summed E-state index contributed by atoms with van der Waals surface area (Å²) in [7, 11) is 0. The molecule has 154 valence electrons. The van der Waals surface area contributed by atoms with Crippen LogP contribution in [-0.4, -0.2) is 48.2 Å². The third kappa shape index (κ3) is 4.97. The van der Waals surface area contributed by atoms with Crippen molar-refractivity contribution in [3.63, 3.8) is 0 Å². The molecule has 2 heterocycles. The third-order valence-corrected chi connectivity index (χ3v) is 5.33. The smallest absolute Gasteiger partial charge is 0.410 e. The topological polar surface area (TPSA) is 61.9 Å². The van der Waals surface area contributed by atoms with Gasteiger partial charge in [-0.25, -0.2) is 4.79 Å². The van der Waals surface area contributed by atoms with Crippen molar-refractivity contribution < 1.29 is 14.3 Å². The first-order chi connectivity index (χ1) is 13.1. The first-order valence-corrected chi connectivity index (χ1v) is 10.3. The van der Waals surface area contributed by atoms with E-state index in [1.165, 1.54) is 5.56 Å². The van der Waals surface area contributed by atoms with Crippen molar-refractivity contribution in [2.45, 2.75) is 65.5 Å². The highest BCUT2D eigenvalue weighted by Crippen LogP contribution is 2.32. The minimum absolute atomic E-state index is 0.100. The van der Waals surface area contributed by atoms with E-state index in [1.807, 2.05) is 25.7 Å². The number of nitrogens with zero attached hydrogens (tertiary/aromatic N) is 2. The Morgan fingerprint density at radius 3 is 2.46 bits per heavy atom. The average Bonchev–Trinajstić information content (AvgIpc) is 2.59. The largest absolute Gasteiger partial charge is 0.444 e. The molecule has 1 fully saturated rings. The van der Waals surface area contributed by atoms with Gasteiger partial charge in [-0.05, 0) is 69.7 Å². The van der Waals surface area contributed by atoms with Gasteiger partial charge in [-0.1, -0.05) is 6.92 Å². The minimum atomic E-state index is -0.458. The molecule has 1 atom stereocenters. The number of fused-ring (bicyclic) bond motifs is 1. The lowest BCUT2D eigenvalue weighted by Gasteiger charge is -2.35. The zero-order valence-corrected chi connectivity index (χ0v) is 17.7. The highest BCUT2D eigenvalue weighted by molar-refractivity contribution is 5.93. The average molecular weight is 388 g/mol. The maximum absolute atomic E-state index is 12.2. The number of nitrogens with one attached hydrogen (secondary N) is 1. The monoisotopic (exact) mass is 387 g/mol. The lowest BCUT2D eigenvalue weighted by atomic mass is 9.93. The molecule has 0 spiro atoms. The van der Waals surface area contributed by atoms with Crippen LogP contribution >= 0.6 is 0 Å². The lowest BCUT2D eigenvalue weighted by Crippen LogP contribution is -2.44. The molecule has 3 rings (SSSR count). The molecular formula is C22H33N3O3. The number of piperidine rings is 1. The first-order valence-electron chi connectivity index (χ1n) is 10.3. The molecule has 1 saturated heterocycles. The summed E-state index contributed by atoms with van der Waals surface area (Å²) in [6, 6.07) is 6.63. The molecule has 0 aliphatic carbocycles. The summed E-state index contributed by atoms with van der Waals surface area (Å²) in [4.78, 5) is 27.8. The lowest BCUT2D eigenvalue weighted by molar-refractivity contribution is -0.116. The van der Waals surface area contributed by atoms with Gasteiger partial charge < -0.3 is 19.9 Å². The summed E-state index contributed by atoms with van der Waals surface area (Å²) in [5.74, 6) is 0.562. The van der Waals surface area contributed by atoms with Crippen LogP contribution in [0.25, 0.3) is 0 Å². The van der Waals surface area contributed by atoms with Crippen molar-refractivity contribution in [3.05, 3.63) is 23.8 Å². The summed E-state index contributed by atoms with van der Waals surface area (Å²) in [5.41, 5.74) is 2.90. The number of hydrogen-bond acceptors (Lipinski definition) is 4. The zero-order chi connectivity index (χ0) is 20.5. The van der Waals surface area contributed by atoms with Gasteiger partial charge in [0.05, 0.1) is 0 Å². The number of rotatable bonds is 2. The van der Waals surface area contributed by atoms with Crippen LogP contribution in [0.5, 0.6) is 0 Å². The van der Waals surface area contributed by atoms with Crippen molar-refractivity contribution >= 4 is 23.4 Å². The third-order valence-electron chi connectivity index (χ3n) is 5.33. The molecule has 2 amide bonds. The van der Waals surface area contributed by atoms with Gasteiger partial charge in [0.2, 0.25) is 5.91 Å². The molecule has 6 heteroatoms. The number of carbonyl (C=O) groups is 2. The predicted octanol–water partition coefficient (Wildman–Crippen LogP) is 4.04. The van der Waals surface area contributed by atoms with Crippen LogP contribution in [0.1, 0.15) is 53.0 Å². The Bertz CT molecular complexity index is 733. The fourth-order valence-electron chi connectivity index (χ4n) is 4.02. The van der Waals surface area contributed by atoms with Crippen molar-refractivity contribution in [2.24, 2.45) is 5.92 Å². The maximum Gasteiger partial charge on any atom is 0.410 e.